The fraction of sp³-hybridized carbons (Fsp3) is 0.333. The number of aliphatic hydroxyl groups is 2. The molecule has 19 heavy (non-hydrogen) atoms. The van der Waals surface area contributed by atoms with Crippen molar-refractivity contribution in [1.82, 2.24) is 0 Å². The zero-order valence-corrected chi connectivity index (χ0v) is 13.0. The Morgan fingerprint density at radius 2 is 1.95 bits per heavy atom. The van der Waals surface area contributed by atoms with Crippen LogP contribution in [0.4, 0.5) is 0 Å². The smallest absolute Gasteiger partial charge is 0.0550 e. The van der Waals surface area contributed by atoms with Crippen LogP contribution in [0.15, 0.2) is 45.6 Å². The lowest BCUT2D eigenvalue weighted by Crippen LogP contribution is -2.35. The van der Waals surface area contributed by atoms with Crippen molar-refractivity contribution in [3.05, 3.63) is 56.7 Å². The van der Waals surface area contributed by atoms with E-state index in [2.05, 4.69) is 27.4 Å². The van der Waals surface area contributed by atoms with Gasteiger partial charge in [-0.05, 0) is 52.9 Å². The van der Waals surface area contributed by atoms with Gasteiger partial charge in [0.25, 0.3) is 0 Å². The van der Waals surface area contributed by atoms with E-state index in [1.807, 2.05) is 29.6 Å². The number of aliphatic hydroxyl groups excluding tert-OH is 2. The standard InChI is InChI=1S/C15H17BrO2S/c16-14-3-1-2-13(8-14)15(10-17,11-18)6-4-12-5-7-19-9-12/h1-3,5,7-9,17-18H,4,6,10-11H2. The molecule has 0 aliphatic heterocycles. The van der Waals surface area contributed by atoms with Crippen molar-refractivity contribution in [2.24, 2.45) is 0 Å². The van der Waals surface area contributed by atoms with Gasteiger partial charge in [0.05, 0.1) is 13.2 Å². The second-order valence-corrected chi connectivity index (χ2v) is 6.43. The lowest BCUT2D eigenvalue weighted by molar-refractivity contribution is 0.109. The topological polar surface area (TPSA) is 40.5 Å². The zero-order chi connectivity index (χ0) is 13.7. The van der Waals surface area contributed by atoms with Gasteiger partial charge in [0.15, 0.2) is 0 Å². The molecule has 0 amide bonds. The fourth-order valence-electron chi connectivity index (χ4n) is 2.17. The second-order valence-electron chi connectivity index (χ2n) is 4.74. The minimum atomic E-state index is -0.578. The summed E-state index contributed by atoms with van der Waals surface area (Å²) in [6, 6.07) is 9.90. The van der Waals surface area contributed by atoms with Crippen LogP contribution in [0.1, 0.15) is 17.5 Å². The predicted molar refractivity (Wildman–Crippen MR) is 82.6 cm³/mol. The van der Waals surface area contributed by atoms with Crippen molar-refractivity contribution >= 4 is 27.3 Å². The first-order chi connectivity index (χ1) is 9.20. The van der Waals surface area contributed by atoms with E-state index in [-0.39, 0.29) is 13.2 Å². The number of aryl methyl sites for hydroxylation is 1. The highest BCUT2D eigenvalue weighted by Crippen LogP contribution is 2.31. The first-order valence-corrected chi connectivity index (χ1v) is 7.92. The van der Waals surface area contributed by atoms with Gasteiger partial charge in [-0.25, -0.2) is 0 Å². The number of thiophene rings is 1. The molecular formula is C15H17BrO2S. The van der Waals surface area contributed by atoms with Gasteiger partial charge >= 0.3 is 0 Å². The molecule has 102 valence electrons. The van der Waals surface area contributed by atoms with Gasteiger partial charge in [-0.15, -0.1) is 0 Å². The van der Waals surface area contributed by atoms with E-state index < -0.39 is 5.41 Å². The molecule has 0 radical (unpaired) electrons. The molecule has 2 aromatic rings. The Morgan fingerprint density at radius 3 is 2.53 bits per heavy atom. The lowest BCUT2D eigenvalue weighted by Gasteiger charge is -2.30. The van der Waals surface area contributed by atoms with Crippen LogP contribution in [-0.2, 0) is 11.8 Å². The third-order valence-electron chi connectivity index (χ3n) is 3.51. The summed E-state index contributed by atoms with van der Waals surface area (Å²) < 4.78 is 0.965. The fourth-order valence-corrected chi connectivity index (χ4v) is 3.27. The highest BCUT2D eigenvalue weighted by atomic mass is 79.9. The number of hydrogen-bond donors (Lipinski definition) is 2. The Bertz CT molecular complexity index is 507. The molecule has 0 unspecified atom stereocenters. The summed E-state index contributed by atoms with van der Waals surface area (Å²) in [6.07, 6.45) is 1.59. The molecule has 1 heterocycles. The molecular weight excluding hydrogens is 324 g/mol. The number of hydrogen-bond acceptors (Lipinski definition) is 3. The largest absolute Gasteiger partial charge is 0.395 e. The van der Waals surface area contributed by atoms with E-state index in [1.165, 1.54) is 5.56 Å². The SMILES string of the molecule is OCC(CO)(CCc1ccsc1)c1cccc(Br)c1. The van der Waals surface area contributed by atoms with E-state index >= 15 is 0 Å². The highest BCUT2D eigenvalue weighted by Gasteiger charge is 2.30. The molecule has 0 saturated heterocycles. The summed E-state index contributed by atoms with van der Waals surface area (Å²) in [6.45, 7) is -0.103. The van der Waals surface area contributed by atoms with Crippen LogP contribution in [-0.4, -0.2) is 23.4 Å². The molecule has 2 nitrogen and oxygen atoms in total. The van der Waals surface area contributed by atoms with Crippen LogP contribution in [0.25, 0.3) is 0 Å². The molecule has 0 atom stereocenters. The maximum absolute atomic E-state index is 9.78. The molecule has 0 aliphatic carbocycles. The van der Waals surface area contributed by atoms with Gasteiger partial charge in [-0.2, -0.15) is 11.3 Å². The normalized spacial score (nSPS) is 11.7. The van der Waals surface area contributed by atoms with Crippen molar-refractivity contribution in [3.63, 3.8) is 0 Å². The molecule has 0 saturated carbocycles. The maximum atomic E-state index is 9.78. The van der Waals surface area contributed by atoms with Crippen molar-refractivity contribution in [1.29, 1.82) is 0 Å². The predicted octanol–water partition coefficient (Wildman–Crippen LogP) is 3.37. The zero-order valence-electron chi connectivity index (χ0n) is 10.6. The van der Waals surface area contributed by atoms with E-state index in [9.17, 15) is 10.2 Å². The van der Waals surface area contributed by atoms with E-state index in [0.29, 0.717) is 0 Å². The Morgan fingerprint density at radius 1 is 1.16 bits per heavy atom. The Labute approximate surface area is 125 Å². The number of halogens is 1. The first-order valence-electron chi connectivity index (χ1n) is 6.19. The summed E-state index contributed by atoms with van der Waals surface area (Å²) >= 11 is 5.11. The highest BCUT2D eigenvalue weighted by molar-refractivity contribution is 9.10. The van der Waals surface area contributed by atoms with Crippen molar-refractivity contribution in [2.45, 2.75) is 18.3 Å². The van der Waals surface area contributed by atoms with Crippen molar-refractivity contribution < 1.29 is 10.2 Å². The van der Waals surface area contributed by atoms with Crippen LogP contribution in [0.5, 0.6) is 0 Å². The minimum absolute atomic E-state index is 0.0515. The van der Waals surface area contributed by atoms with Crippen molar-refractivity contribution in [3.8, 4) is 0 Å². The van der Waals surface area contributed by atoms with Gasteiger partial charge < -0.3 is 10.2 Å². The molecule has 0 fully saturated rings. The molecule has 0 aliphatic rings. The van der Waals surface area contributed by atoms with Gasteiger partial charge in [-0.1, -0.05) is 28.1 Å². The molecule has 4 heteroatoms. The number of rotatable bonds is 6. The van der Waals surface area contributed by atoms with E-state index in [1.54, 1.807) is 11.3 Å². The van der Waals surface area contributed by atoms with E-state index in [4.69, 9.17) is 0 Å². The molecule has 0 bridgehead atoms. The summed E-state index contributed by atoms with van der Waals surface area (Å²) in [5.41, 5.74) is 1.65. The van der Waals surface area contributed by atoms with Crippen LogP contribution in [0.3, 0.4) is 0 Å². The van der Waals surface area contributed by atoms with Gasteiger partial charge in [-0.3, -0.25) is 0 Å². The van der Waals surface area contributed by atoms with Gasteiger partial charge in [0.2, 0.25) is 0 Å². The summed E-state index contributed by atoms with van der Waals surface area (Å²) in [4.78, 5) is 0. The van der Waals surface area contributed by atoms with Crippen molar-refractivity contribution in [2.75, 3.05) is 13.2 Å². The summed E-state index contributed by atoms with van der Waals surface area (Å²) in [5, 5.41) is 23.7. The minimum Gasteiger partial charge on any atom is -0.395 e. The lowest BCUT2D eigenvalue weighted by atomic mass is 9.77. The molecule has 1 aromatic carbocycles. The number of benzene rings is 1. The van der Waals surface area contributed by atoms with Crippen LogP contribution in [0, 0.1) is 0 Å². The quantitative estimate of drug-likeness (QED) is 0.846. The van der Waals surface area contributed by atoms with Crippen LogP contribution < -0.4 is 0 Å². The third kappa shape index (κ3) is 3.45. The Balaban J connectivity index is 2.21. The molecule has 2 rings (SSSR count). The second kappa shape index (κ2) is 6.66. The monoisotopic (exact) mass is 340 g/mol. The molecule has 1 aromatic heterocycles. The molecule has 2 N–H and O–H groups in total. The van der Waals surface area contributed by atoms with Crippen LogP contribution in [0.2, 0.25) is 0 Å². The van der Waals surface area contributed by atoms with Crippen LogP contribution >= 0.6 is 27.3 Å². The third-order valence-corrected chi connectivity index (χ3v) is 4.74. The summed E-state index contributed by atoms with van der Waals surface area (Å²) in [7, 11) is 0. The van der Waals surface area contributed by atoms with E-state index in [0.717, 1.165) is 22.9 Å². The maximum Gasteiger partial charge on any atom is 0.0550 e. The molecule has 0 spiro atoms. The van der Waals surface area contributed by atoms with Gasteiger partial charge in [0.1, 0.15) is 0 Å². The Hall–Kier alpha value is -0.680. The first kappa shape index (κ1) is 14.7. The van der Waals surface area contributed by atoms with Gasteiger partial charge in [0, 0.05) is 9.89 Å². The Kier molecular flexibility index (Phi) is 5.16. The average molecular weight is 341 g/mol. The average Bonchev–Trinajstić information content (AvgIpc) is 2.94. The summed E-state index contributed by atoms with van der Waals surface area (Å²) in [5.74, 6) is 0.